The Bertz CT molecular complexity index is 909. The Balaban J connectivity index is 1.46. The lowest BCUT2D eigenvalue weighted by molar-refractivity contribution is 0.0955. The molecule has 26 heavy (non-hydrogen) atoms. The lowest BCUT2D eigenvalue weighted by Crippen LogP contribution is -2.22. The standard InChI is InChI=1S/C20H21N3O2S/c1-14-21-10-11-23(14)16-6-3-2-5-15(16)13-22-20(24)19-9-8-18(26-19)17-7-4-12-25-17/h2-3,5-6,8-11,17H,4,7,12-13H2,1H3,(H,22,24)/t17-/m1/s1. The van der Waals surface area contributed by atoms with Gasteiger partial charge in [0.05, 0.1) is 16.7 Å². The summed E-state index contributed by atoms with van der Waals surface area (Å²) in [5.41, 5.74) is 2.09. The van der Waals surface area contributed by atoms with Crippen LogP contribution in [0, 0.1) is 6.92 Å². The van der Waals surface area contributed by atoms with E-state index in [2.05, 4.69) is 10.3 Å². The first-order valence-corrected chi connectivity index (χ1v) is 9.62. The number of thiophene rings is 1. The zero-order valence-corrected chi connectivity index (χ0v) is 15.5. The lowest BCUT2D eigenvalue weighted by Gasteiger charge is -2.12. The van der Waals surface area contributed by atoms with Gasteiger partial charge < -0.3 is 14.6 Å². The minimum absolute atomic E-state index is 0.0450. The Labute approximate surface area is 156 Å². The number of hydrogen-bond donors (Lipinski definition) is 1. The van der Waals surface area contributed by atoms with E-state index in [-0.39, 0.29) is 12.0 Å². The van der Waals surface area contributed by atoms with Gasteiger partial charge in [-0.1, -0.05) is 18.2 Å². The monoisotopic (exact) mass is 367 g/mol. The molecule has 1 saturated heterocycles. The highest BCUT2D eigenvalue weighted by atomic mass is 32.1. The minimum Gasteiger partial charge on any atom is -0.373 e. The third-order valence-corrected chi connectivity index (χ3v) is 5.79. The first-order chi connectivity index (χ1) is 12.7. The van der Waals surface area contributed by atoms with Gasteiger partial charge in [-0.15, -0.1) is 11.3 Å². The van der Waals surface area contributed by atoms with Crippen LogP contribution in [0.25, 0.3) is 5.69 Å². The fourth-order valence-electron chi connectivity index (χ4n) is 3.24. The molecular weight excluding hydrogens is 346 g/mol. The van der Waals surface area contributed by atoms with Crippen LogP contribution in [0.3, 0.4) is 0 Å². The summed E-state index contributed by atoms with van der Waals surface area (Å²) in [6, 6.07) is 11.9. The molecule has 3 heterocycles. The van der Waals surface area contributed by atoms with E-state index < -0.39 is 0 Å². The third-order valence-electron chi connectivity index (χ3n) is 4.61. The Morgan fingerprint density at radius 2 is 2.23 bits per heavy atom. The third kappa shape index (κ3) is 3.43. The van der Waals surface area contributed by atoms with Crippen LogP contribution in [0.2, 0.25) is 0 Å². The molecule has 4 rings (SSSR count). The largest absolute Gasteiger partial charge is 0.373 e. The smallest absolute Gasteiger partial charge is 0.261 e. The van der Waals surface area contributed by atoms with E-state index in [0.29, 0.717) is 6.54 Å². The van der Waals surface area contributed by atoms with Gasteiger partial charge in [-0.05, 0) is 43.5 Å². The Hall–Kier alpha value is -2.44. The van der Waals surface area contributed by atoms with Gasteiger partial charge in [0.15, 0.2) is 0 Å². The van der Waals surface area contributed by atoms with Gasteiger partial charge in [0.2, 0.25) is 0 Å². The van der Waals surface area contributed by atoms with Gasteiger partial charge in [0.25, 0.3) is 5.91 Å². The zero-order valence-electron chi connectivity index (χ0n) is 14.6. The summed E-state index contributed by atoms with van der Waals surface area (Å²) in [5, 5.41) is 3.04. The van der Waals surface area contributed by atoms with Crippen molar-refractivity contribution in [2.45, 2.75) is 32.4 Å². The van der Waals surface area contributed by atoms with Crippen LogP contribution < -0.4 is 5.32 Å². The summed E-state index contributed by atoms with van der Waals surface area (Å²) >= 11 is 1.53. The molecule has 3 aromatic rings. The molecular formula is C20H21N3O2S. The number of aromatic nitrogens is 2. The van der Waals surface area contributed by atoms with Crippen LogP contribution in [-0.2, 0) is 11.3 Å². The molecule has 0 aliphatic carbocycles. The van der Waals surface area contributed by atoms with Crippen molar-refractivity contribution in [2.24, 2.45) is 0 Å². The highest BCUT2D eigenvalue weighted by Crippen LogP contribution is 2.33. The first-order valence-electron chi connectivity index (χ1n) is 8.80. The summed E-state index contributed by atoms with van der Waals surface area (Å²) in [5.74, 6) is 0.875. The number of rotatable bonds is 5. The van der Waals surface area contributed by atoms with Crippen LogP contribution >= 0.6 is 11.3 Å². The molecule has 0 bridgehead atoms. The molecule has 1 fully saturated rings. The van der Waals surface area contributed by atoms with Crippen LogP contribution in [0.15, 0.2) is 48.8 Å². The number of aryl methyl sites for hydroxylation is 1. The van der Waals surface area contributed by atoms with Crippen molar-refractivity contribution in [3.8, 4) is 5.69 Å². The van der Waals surface area contributed by atoms with Gasteiger partial charge in [-0.2, -0.15) is 0 Å². The van der Waals surface area contributed by atoms with Crippen molar-refractivity contribution in [3.05, 3.63) is 69.9 Å². The summed E-state index contributed by atoms with van der Waals surface area (Å²) in [7, 11) is 0. The Kier molecular flexibility index (Phi) is 4.86. The van der Waals surface area contributed by atoms with E-state index in [1.165, 1.54) is 11.3 Å². The molecule has 134 valence electrons. The number of hydrogen-bond acceptors (Lipinski definition) is 4. The average molecular weight is 367 g/mol. The zero-order chi connectivity index (χ0) is 17.9. The maximum atomic E-state index is 12.6. The molecule has 0 unspecified atom stereocenters. The predicted octanol–water partition coefficient (Wildman–Crippen LogP) is 4.02. The molecule has 1 aliphatic heterocycles. The number of carbonyl (C=O) groups is 1. The van der Waals surface area contributed by atoms with Crippen LogP contribution in [-0.4, -0.2) is 22.1 Å². The quantitative estimate of drug-likeness (QED) is 0.741. The summed E-state index contributed by atoms with van der Waals surface area (Å²) < 4.78 is 7.73. The van der Waals surface area contributed by atoms with E-state index in [1.54, 1.807) is 6.20 Å². The molecule has 1 amide bonds. The van der Waals surface area contributed by atoms with E-state index >= 15 is 0 Å². The molecule has 1 aliphatic rings. The van der Waals surface area contributed by atoms with Gasteiger partial charge >= 0.3 is 0 Å². The minimum atomic E-state index is -0.0450. The second kappa shape index (κ2) is 7.43. The van der Waals surface area contributed by atoms with Crippen LogP contribution in [0.5, 0.6) is 0 Å². The second-order valence-electron chi connectivity index (χ2n) is 6.36. The van der Waals surface area contributed by atoms with Crippen molar-refractivity contribution in [3.63, 3.8) is 0 Å². The summed E-state index contributed by atoms with van der Waals surface area (Å²) in [4.78, 5) is 18.7. The molecule has 1 atom stereocenters. The first kappa shape index (κ1) is 17.0. The molecule has 5 nitrogen and oxygen atoms in total. The number of nitrogens with one attached hydrogen (secondary N) is 1. The topological polar surface area (TPSA) is 56.2 Å². The summed E-state index contributed by atoms with van der Waals surface area (Å²) in [6.45, 7) is 3.25. The molecule has 0 spiro atoms. The SMILES string of the molecule is Cc1nccn1-c1ccccc1CNC(=O)c1ccc([C@H]2CCCO2)s1. The van der Waals surface area contributed by atoms with Crippen molar-refractivity contribution in [2.75, 3.05) is 6.61 Å². The molecule has 0 saturated carbocycles. The lowest BCUT2D eigenvalue weighted by atomic mass is 10.1. The molecule has 0 radical (unpaired) electrons. The van der Waals surface area contributed by atoms with Crippen LogP contribution in [0.4, 0.5) is 0 Å². The van der Waals surface area contributed by atoms with E-state index in [9.17, 15) is 4.79 Å². The molecule has 1 aromatic carbocycles. The molecule has 6 heteroatoms. The number of ether oxygens (including phenoxy) is 1. The maximum absolute atomic E-state index is 12.6. The van der Waals surface area contributed by atoms with Gasteiger partial charge in [0.1, 0.15) is 5.82 Å². The normalized spacial score (nSPS) is 16.7. The average Bonchev–Trinajstić information content (AvgIpc) is 3.40. The number of benzene rings is 1. The Morgan fingerprint density at radius 1 is 1.35 bits per heavy atom. The number of carbonyl (C=O) groups excluding carboxylic acids is 1. The maximum Gasteiger partial charge on any atom is 0.261 e. The Morgan fingerprint density at radius 3 is 3.00 bits per heavy atom. The van der Waals surface area contributed by atoms with E-state index in [1.807, 2.05) is 54.1 Å². The number of para-hydroxylation sites is 1. The number of amides is 1. The van der Waals surface area contributed by atoms with Crippen molar-refractivity contribution >= 4 is 17.2 Å². The summed E-state index contributed by atoms with van der Waals surface area (Å²) in [6.07, 6.45) is 6.01. The van der Waals surface area contributed by atoms with Crippen molar-refractivity contribution in [1.29, 1.82) is 0 Å². The predicted molar refractivity (Wildman–Crippen MR) is 102 cm³/mol. The van der Waals surface area contributed by atoms with E-state index in [0.717, 1.165) is 46.3 Å². The highest BCUT2D eigenvalue weighted by Gasteiger charge is 2.21. The van der Waals surface area contributed by atoms with Gasteiger partial charge in [-0.3, -0.25) is 4.79 Å². The second-order valence-corrected chi connectivity index (χ2v) is 7.47. The van der Waals surface area contributed by atoms with E-state index in [4.69, 9.17) is 4.74 Å². The molecule has 1 N–H and O–H groups in total. The number of imidazole rings is 1. The van der Waals surface area contributed by atoms with Crippen molar-refractivity contribution in [1.82, 2.24) is 14.9 Å². The van der Waals surface area contributed by atoms with Gasteiger partial charge in [0, 0.05) is 30.4 Å². The number of nitrogens with zero attached hydrogens (tertiary/aromatic N) is 2. The molecule has 2 aromatic heterocycles. The van der Waals surface area contributed by atoms with Gasteiger partial charge in [-0.25, -0.2) is 4.98 Å². The highest BCUT2D eigenvalue weighted by molar-refractivity contribution is 7.14. The fraction of sp³-hybridized carbons (Fsp3) is 0.300. The van der Waals surface area contributed by atoms with Crippen molar-refractivity contribution < 1.29 is 9.53 Å². The van der Waals surface area contributed by atoms with Crippen LogP contribution in [0.1, 0.15) is 44.9 Å². The fourth-order valence-corrected chi connectivity index (χ4v) is 4.25.